The van der Waals surface area contributed by atoms with E-state index in [1.807, 2.05) is 0 Å². The monoisotopic (exact) mass is 219 g/mol. The van der Waals surface area contributed by atoms with Crippen LogP contribution in [0.2, 0.25) is 0 Å². The summed E-state index contributed by atoms with van der Waals surface area (Å²) in [5.74, 6) is 0. The fourth-order valence-electron chi connectivity index (χ4n) is 2.10. The Labute approximate surface area is 97.8 Å². The molecule has 2 rings (SSSR count). The standard InChI is InChI=1S/C14H21NO/c1-13(2,16-3)11-4-6-12(7-5-11)14(10-15)8-9-14/h4-7H,8-10,15H2,1-3H3. The Hall–Kier alpha value is -0.860. The van der Waals surface area contributed by atoms with Crippen molar-refractivity contribution >= 4 is 0 Å². The molecule has 16 heavy (non-hydrogen) atoms. The zero-order chi connectivity index (χ0) is 11.8. The highest BCUT2D eigenvalue weighted by molar-refractivity contribution is 5.35. The summed E-state index contributed by atoms with van der Waals surface area (Å²) in [7, 11) is 1.75. The highest BCUT2D eigenvalue weighted by Gasteiger charge is 2.42. The Balaban J connectivity index is 2.23. The van der Waals surface area contributed by atoms with Crippen LogP contribution in [-0.4, -0.2) is 13.7 Å². The normalized spacial score (nSPS) is 18.5. The third kappa shape index (κ3) is 1.87. The summed E-state index contributed by atoms with van der Waals surface area (Å²) in [6.07, 6.45) is 2.47. The summed E-state index contributed by atoms with van der Waals surface area (Å²) in [5.41, 5.74) is 8.50. The second-order valence-electron chi connectivity index (χ2n) is 5.28. The first-order valence-electron chi connectivity index (χ1n) is 5.90. The third-order valence-corrected chi connectivity index (χ3v) is 3.95. The van der Waals surface area contributed by atoms with Crippen LogP contribution in [0, 0.1) is 0 Å². The summed E-state index contributed by atoms with van der Waals surface area (Å²) in [6, 6.07) is 8.73. The predicted octanol–water partition coefficient (Wildman–Crippen LogP) is 2.56. The van der Waals surface area contributed by atoms with Crippen molar-refractivity contribution in [1.82, 2.24) is 0 Å². The highest BCUT2D eigenvalue weighted by Crippen LogP contribution is 2.47. The molecule has 0 aromatic heterocycles. The summed E-state index contributed by atoms with van der Waals surface area (Å²) in [4.78, 5) is 0. The minimum Gasteiger partial charge on any atom is -0.374 e. The Morgan fingerprint density at radius 2 is 1.81 bits per heavy atom. The van der Waals surface area contributed by atoms with Gasteiger partial charge in [-0.1, -0.05) is 24.3 Å². The van der Waals surface area contributed by atoms with Gasteiger partial charge in [0.1, 0.15) is 0 Å². The lowest BCUT2D eigenvalue weighted by molar-refractivity contribution is 0.0192. The topological polar surface area (TPSA) is 35.2 Å². The number of methoxy groups -OCH3 is 1. The van der Waals surface area contributed by atoms with E-state index in [9.17, 15) is 0 Å². The van der Waals surface area contributed by atoms with E-state index in [4.69, 9.17) is 10.5 Å². The lowest BCUT2D eigenvalue weighted by atomic mass is 9.91. The fraction of sp³-hybridized carbons (Fsp3) is 0.571. The molecule has 0 atom stereocenters. The van der Waals surface area contributed by atoms with Crippen LogP contribution < -0.4 is 5.73 Å². The number of benzene rings is 1. The SMILES string of the molecule is COC(C)(C)c1ccc(C2(CN)CC2)cc1. The van der Waals surface area contributed by atoms with Crippen LogP contribution in [0.15, 0.2) is 24.3 Å². The molecule has 0 radical (unpaired) electrons. The zero-order valence-electron chi connectivity index (χ0n) is 10.4. The molecule has 0 saturated heterocycles. The molecular formula is C14H21NO. The van der Waals surface area contributed by atoms with Gasteiger partial charge < -0.3 is 10.5 Å². The van der Waals surface area contributed by atoms with Crippen LogP contribution in [-0.2, 0) is 15.8 Å². The summed E-state index contributed by atoms with van der Waals surface area (Å²) in [6.45, 7) is 4.93. The predicted molar refractivity (Wildman–Crippen MR) is 66.4 cm³/mol. The number of rotatable bonds is 4. The maximum absolute atomic E-state index is 5.83. The molecule has 88 valence electrons. The van der Waals surface area contributed by atoms with Crippen molar-refractivity contribution in [3.05, 3.63) is 35.4 Å². The molecule has 0 bridgehead atoms. The summed E-state index contributed by atoms with van der Waals surface area (Å²) in [5, 5.41) is 0. The van der Waals surface area contributed by atoms with E-state index in [2.05, 4.69) is 38.1 Å². The summed E-state index contributed by atoms with van der Waals surface area (Å²) >= 11 is 0. The smallest absolute Gasteiger partial charge is 0.0871 e. The van der Waals surface area contributed by atoms with Gasteiger partial charge in [-0.15, -0.1) is 0 Å². The van der Waals surface area contributed by atoms with Gasteiger partial charge in [0.05, 0.1) is 5.60 Å². The zero-order valence-corrected chi connectivity index (χ0v) is 10.4. The van der Waals surface area contributed by atoms with Gasteiger partial charge in [-0.05, 0) is 37.8 Å². The van der Waals surface area contributed by atoms with Crippen LogP contribution in [0.3, 0.4) is 0 Å². The average Bonchev–Trinajstić information content (AvgIpc) is 3.10. The number of nitrogens with two attached hydrogens (primary N) is 1. The molecule has 1 fully saturated rings. The Morgan fingerprint density at radius 1 is 1.25 bits per heavy atom. The third-order valence-electron chi connectivity index (χ3n) is 3.95. The van der Waals surface area contributed by atoms with E-state index >= 15 is 0 Å². The van der Waals surface area contributed by atoms with Gasteiger partial charge in [0.15, 0.2) is 0 Å². The van der Waals surface area contributed by atoms with E-state index in [1.54, 1.807) is 7.11 Å². The average molecular weight is 219 g/mol. The first-order valence-corrected chi connectivity index (χ1v) is 5.90. The van der Waals surface area contributed by atoms with Gasteiger partial charge in [0.25, 0.3) is 0 Å². The van der Waals surface area contributed by atoms with Crippen molar-refractivity contribution in [2.75, 3.05) is 13.7 Å². The first-order chi connectivity index (χ1) is 7.54. The lowest BCUT2D eigenvalue weighted by Crippen LogP contribution is -2.21. The van der Waals surface area contributed by atoms with E-state index in [0.29, 0.717) is 0 Å². The Morgan fingerprint density at radius 3 is 2.19 bits per heavy atom. The Bertz CT molecular complexity index is 338. The minimum absolute atomic E-state index is 0.210. The molecule has 2 heteroatoms. The maximum atomic E-state index is 5.83. The molecule has 0 unspecified atom stereocenters. The fourth-order valence-corrected chi connectivity index (χ4v) is 2.10. The van der Waals surface area contributed by atoms with E-state index in [-0.39, 0.29) is 11.0 Å². The molecule has 1 saturated carbocycles. The van der Waals surface area contributed by atoms with Gasteiger partial charge in [0, 0.05) is 19.1 Å². The molecule has 0 heterocycles. The van der Waals surface area contributed by atoms with Crippen molar-refractivity contribution < 1.29 is 4.74 Å². The first kappa shape index (κ1) is 11.6. The van der Waals surface area contributed by atoms with E-state index in [1.165, 1.54) is 24.0 Å². The van der Waals surface area contributed by atoms with Crippen LogP contribution in [0.4, 0.5) is 0 Å². The quantitative estimate of drug-likeness (QED) is 0.844. The molecule has 1 aliphatic rings. The number of hydrogen-bond donors (Lipinski definition) is 1. The number of ether oxygens (including phenoxy) is 1. The van der Waals surface area contributed by atoms with Crippen molar-refractivity contribution in [3.8, 4) is 0 Å². The molecule has 0 amide bonds. The van der Waals surface area contributed by atoms with E-state index in [0.717, 1.165) is 6.54 Å². The molecule has 1 aromatic rings. The van der Waals surface area contributed by atoms with Crippen molar-refractivity contribution in [3.63, 3.8) is 0 Å². The van der Waals surface area contributed by atoms with Gasteiger partial charge in [-0.25, -0.2) is 0 Å². The van der Waals surface area contributed by atoms with Crippen molar-refractivity contribution in [2.45, 2.75) is 37.7 Å². The van der Waals surface area contributed by atoms with Crippen LogP contribution >= 0.6 is 0 Å². The van der Waals surface area contributed by atoms with Gasteiger partial charge in [-0.2, -0.15) is 0 Å². The molecule has 2 nitrogen and oxygen atoms in total. The number of hydrogen-bond acceptors (Lipinski definition) is 2. The van der Waals surface area contributed by atoms with Gasteiger partial charge in [-0.3, -0.25) is 0 Å². The largest absolute Gasteiger partial charge is 0.374 e. The molecule has 0 spiro atoms. The van der Waals surface area contributed by atoms with Crippen molar-refractivity contribution in [1.29, 1.82) is 0 Å². The van der Waals surface area contributed by atoms with E-state index < -0.39 is 0 Å². The molecule has 2 N–H and O–H groups in total. The molecule has 0 aliphatic heterocycles. The van der Waals surface area contributed by atoms with Crippen LogP contribution in [0.5, 0.6) is 0 Å². The minimum atomic E-state index is -0.210. The lowest BCUT2D eigenvalue weighted by Gasteiger charge is -2.24. The molecule has 1 aromatic carbocycles. The Kier molecular flexibility index (Phi) is 2.81. The maximum Gasteiger partial charge on any atom is 0.0871 e. The van der Waals surface area contributed by atoms with Crippen LogP contribution in [0.25, 0.3) is 0 Å². The van der Waals surface area contributed by atoms with Gasteiger partial charge >= 0.3 is 0 Å². The second-order valence-corrected chi connectivity index (χ2v) is 5.28. The molecule has 1 aliphatic carbocycles. The van der Waals surface area contributed by atoms with Crippen molar-refractivity contribution in [2.24, 2.45) is 5.73 Å². The highest BCUT2D eigenvalue weighted by atomic mass is 16.5. The molecular weight excluding hydrogens is 198 g/mol. The second kappa shape index (κ2) is 3.86. The summed E-state index contributed by atoms with van der Waals surface area (Å²) < 4.78 is 5.47. The van der Waals surface area contributed by atoms with Crippen LogP contribution in [0.1, 0.15) is 37.8 Å². The van der Waals surface area contributed by atoms with Gasteiger partial charge in [0.2, 0.25) is 0 Å².